The minimum absolute atomic E-state index is 0.191. The topological polar surface area (TPSA) is 37.3 Å². The van der Waals surface area contributed by atoms with Gasteiger partial charge in [0.15, 0.2) is 0 Å². The zero-order chi connectivity index (χ0) is 8.43. The third-order valence-corrected chi connectivity index (χ3v) is 2.43. The molecular formula is C7H4ClO2Y. The van der Waals surface area contributed by atoms with Gasteiger partial charge in [-0.05, 0) is 0 Å². The first-order chi connectivity index (χ1) is 5.11. The Hall–Kier alpha value is 0.0839. The molecule has 0 heterocycles. The summed E-state index contributed by atoms with van der Waals surface area (Å²) in [5.74, 6) is -0.967. The van der Waals surface area contributed by atoms with Gasteiger partial charge in [0.05, 0.1) is 0 Å². The Balaban J connectivity index is 3.23. The van der Waals surface area contributed by atoms with Gasteiger partial charge in [-0.25, -0.2) is 0 Å². The van der Waals surface area contributed by atoms with E-state index in [4.69, 9.17) is 16.7 Å². The van der Waals surface area contributed by atoms with Crippen LogP contribution in [0, 0.1) is 0 Å². The van der Waals surface area contributed by atoms with Gasteiger partial charge in [0.2, 0.25) is 0 Å². The predicted molar refractivity (Wildman–Crippen MR) is 38.0 cm³/mol. The van der Waals surface area contributed by atoms with Gasteiger partial charge in [0.1, 0.15) is 0 Å². The fourth-order valence-corrected chi connectivity index (χ4v) is 1.55. The summed E-state index contributed by atoms with van der Waals surface area (Å²) in [6.45, 7) is 0. The first-order valence-corrected chi connectivity index (χ1v) is 4.69. The van der Waals surface area contributed by atoms with Crippen LogP contribution in [0.1, 0.15) is 10.4 Å². The molecule has 0 aromatic heterocycles. The Morgan fingerprint density at radius 1 is 1.55 bits per heavy atom. The SMILES string of the molecule is O=C(O)c1c[c]([Y])ccc1Cl. The molecule has 54 valence electrons. The number of halogens is 1. The third kappa shape index (κ3) is 2.26. The van der Waals surface area contributed by atoms with Gasteiger partial charge >= 0.3 is 89.6 Å². The first-order valence-electron chi connectivity index (χ1n) is 2.89. The summed E-state index contributed by atoms with van der Waals surface area (Å²) in [5.41, 5.74) is 0.191. The van der Waals surface area contributed by atoms with Crippen molar-refractivity contribution in [1.82, 2.24) is 0 Å². The molecule has 0 radical (unpaired) electrons. The Labute approximate surface area is 89.0 Å². The Kier molecular flexibility index (Phi) is 3.05. The number of aromatic carboxylic acids is 1. The maximum atomic E-state index is 10.5. The van der Waals surface area contributed by atoms with E-state index in [0.29, 0.717) is 5.02 Å². The molecule has 1 aromatic rings. The van der Waals surface area contributed by atoms with Crippen LogP contribution in [0.25, 0.3) is 0 Å². The van der Waals surface area contributed by atoms with E-state index in [9.17, 15) is 4.79 Å². The molecule has 1 N–H and O–H groups in total. The van der Waals surface area contributed by atoms with E-state index in [-0.39, 0.29) is 5.56 Å². The number of carboxylic acid groups (broad SMARTS) is 1. The molecule has 1 rings (SSSR count). The molecule has 0 saturated heterocycles. The number of rotatable bonds is 1. The zero-order valence-corrected chi connectivity index (χ0v) is 9.14. The second-order valence-electron chi connectivity index (χ2n) is 2.04. The van der Waals surface area contributed by atoms with E-state index < -0.39 is 5.97 Å². The number of carboxylic acids is 1. The van der Waals surface area contributed by atoms with Gasteiger partial charge < -0.3 is 0 Å². The molecule has 0 unspecified atom stereocenters. The van der Waals surface area contributed by atoms with E-state index in [1.807, 2.05) is 6.07 Å². The molecular weight excluding hydrogens is 240 g/mol. The van der Waals surface area contributed by atoms with Crippen LogP contribution >= 0.6 is 11.6 Å². The van der Waals surface area contributed by atoms with Gasteiger partial charge in [-0.1, -0.05) is 0 Å². The molecule has 0 saturated carbocycles. The molecule has 0 spiro atoms. The van der Waals surface area contributed by atoms with Crippen LogP contribution in [0.15, 0.2) is 18.2 Å². The van der Waals surface area contributed by atoms with Crippen molar-refractivity contribution < 1.29 is 40.9 Å². The summed E-state index contributed by atoms with van der Waals surface area (Å²) in [6.07, 6.45) is 0. The fourth-order valence-electron chi connectivity index (χ4n) is 0.707. The zero-order valence-electron chi connectivity index (χ0n) is 5.54. The van der Waals surface area contributed by atoms with Crippen molar-refractivity contribution in [2.45, 2.75) is 0 Å². The first kappa shape index (κ1) is 9.17. The van der Waals surface area contributed by atoms with Crippen molar-refractivity contribution in [3.63, 3.8) is 0 Å². The van der Waals surface area contributed by atoms with Gasteiger partial charge in [-0.2, -0.15) is 0 Å². The predicted octanol–water partition coefficient (Wildman–Crippen LogP) is 1.21. The molecule has 2 nitrogen and oxygen atoms in total. The van der Waals surface area contributed by atoms with E-state index in [2.05, 4.69) is 0 Å². The maximum absolute atomic E-state index is 10.5. The van der Waals surface area contributed by atoms with E-state index in [1.54, 1.807) is 12.1 Å². The van der Waals surface area contributed by atoms with Crippen LogP contribution < -0.4 is 2.37 Å². The Bertz CT molecular complexity index is 298. The molecule has 0 fully saturated rings. The number of hydrogen-bond acceptors (Lipinski definition) is 1. The molecule has 1 aromatic carbocycles. The number of hydrogen-bond donors (Lipinski definition) is 1. The molecule has 0 aliphatic carbocycles. The van der Waals surface area contributed by atoms with Crippen molar-refractivity contribution >= 4 is 19.9 Å². The van der Waals surface area contributed by atoms with Crippen molar-refractivity contribution in [2.75, 3.05) is 0 Å². The van der Waals surface area contributed by atoms with E-state index in [0.717, 1.165) is 33.3 Å². The van der Waals surface area contributed by atoms with Crippen molar-refractivity contribution in [1.29, 1.82) is 0 Å². The molecule has 0 aliphatic heterocycles. The van der Waals surface area contributed by atoms with Gasteiger partial charge in [0.25, 0.3) is 0 Å². The number of benzene rings is 1. The van der Waals surface area contributed by atoms with Crippen molar-refractivity contribution in [3.8, 4) is 0 Å². The van der Waals surface area contributed by atoms with Crippen LogP contribution in [-0.4, -0.2) is 11.1 Å². The summed E-state index contributed by atoms with van der Waals surface area (Å²) >= 11 is 6.53. The molecule has 11 heavy (non-hydrogen) atoms. The minimum atomic E-state index is -0.967. The average molecular weight is 244 g/mol. The fraction of sp³-hybridized carbons (Fsp3) is 0. The van der Waals surface area contributed by atoms with E-state index >= 15 is 0 Å². The van der Waals surface area contributed by atoms with Crippen LogP contribution in [0.2, 0.25) is 5.02 Å². The second-order valence-corrected chi connectivity index (χ2v) is 4.09. The third-order valence-electron chi connectivity index (χ3n) is 1.22. The normalized spacial score (nSPS) is 9.45. The monoisotopic (exact) mass is 244 g/mol. The van der Waals surface area contributed by atoms with Crippen molar-refractivity contribution in [2.24, 2.45) is 0 Å². The summed E-state index contributed by atoms with van der Waals surface area (Å²) in [6, 6.07) is 5.05. The Morgan fingerprint density at radius 2 is 2.18 bits per heavy atom. The molecule has 0 bridgehead atoms. The summed E-state index contributed by atoms with van der Waals surface area (Å²) in [5, 5.41) is 8.92. The van der Waals surface area contributed by atoms with Crippen molar-refractivity contribution in [3.05, 3.63) is 28.8 Å². The van der Waals surface area contributed by atoms with E-state index in [1.165, 1.54) is 0 Å². The number of carbonyl (C=O) groups is 1. The van der Waals surface area contributed by atoms with Crippen LogP contribution in [0.3, 0.4) is 0 Å². The van der Waals surface area contributed by atoms with Gasteiger partial charge in [-0.3, -0.25) is 0 Å². The molecule has 0 atom stereocenters. The van der Waals surface area contributed by atoms with Crippen LogP contribution in [-0.2, 0) is 31.0 Å². The summed E-state index contributed by atoms with van der Waals surface area (Å²) in [7, 11) is 0. The Morgan fingerprint density at radius 3 is 2.64 bits per heavy atom. The van der Waals surface area contributed by atoms with Crippen LogP contribution in [0.4, 0.5) is 0 Å². The second kappa shape index (κ2) is 3.66. The van der Waals surface area contributed by atoms with Crippen LogP contribution in [0.5, 0.6) is 0 Å². The standard InChI is InChI=1S/C7H4ClO2.Y/c8-6-4-2-1-3-5(6)7(9)10;/h2-4H,(H,9,10);. The molecule has 0 amide bonds. The van der Waals surface area contributed by atoms with Gasteiger partial charge in [-0.15, -0.1) is 0 Å². The summed E-state index contributed by atoms with van der Waals surface area (Å²) < 4.78 is 1.03. The molecule has 0 aliphatic rings. The average Bonchev–Trinajstić information content (AvgIpc) is 1.94. The quantitative estimate of drug-likeness (QED) is 0.806. The summed E-state index contributed by atoms with van der Waals surface area (Å²) in [4.78, 5) is 10.5. The molecule has 4 heteroatoms. The van der Waals surface area contributed by atoms with Gasteiger partial charge in [0, 0.05) is 0 Å².